The van der Waals surface area contributed by atoms with Crippen LogP contribution < -0.4 is 10.9 Å². The lowest BCUT2D eigenvalue weighted by molar-refractivity contribution is 0.0692. The maximum absolute atomic E-state index is 12.5. The predicted molar refractivity (Wildman–Crippen MR) is 93.3 cm³/mol. The lowest BCUT2D eigenvalue weighted by Gasteiger charge is -2.06. The van der Waals surface area contributed by atoms with E-state index in [0.29, 0.717) is 16.7 Å². The van der Waals surface area contributed by atoms with Crippen molar-refractivity contribution in [3.8, 4) is 0 Å². The summed E-state index contributed by atoms with van der Waals surface area (Å²) < 4.78 is 5.15. The van der Waals surface area contributed by atoms with Gasteiger partial charge in [0.25, 0.3) is 17.7 Å². The summed E-state index contributed by atoms with van der Waals surface area (Å²) >= 11 is 0. The Bertz CT molecular complexity index is 1160. The quantitative estimate of drug-likeness (QED) is 0.566. The van der Waals surface area contributed by atoms with Crippen molar-refractivity contribution in [2.24, 2.45) is 0 Å². The molecule has 1 aromatic heterocycles. The maximum atomic E-state index is 12.5. The second-order valence-electron chi connectivity index (χ2n) is 5.87. The van der Waals surface area contributed by atoms with Crippen molar-refractivity contribution in [2.45, 2.75) is 0 Å². The van der Waals surface area contributed by atoms with Gasteiger partial charge in [0.15, 0.2) is 0 Å². The minimum Gasteiger partial charge on any atom is -0.422 e. The summed E-state index contributed by atoms with van der Waals surface area (Å²) in [4.78, 5) is 49.5. The number of imide groups is 1. The van der Waals surface area contributed by atoms with Gasteiger partial charge in [-0.15, -0.1) is 0 Å². The van der Waals surface area contributed by atoms with E-state index in [1.165, 1.54) is 31.3 Å². The SMILES string of the molecule is CN1C(=O)c2ccc(NC(=O)c3cc4ccccc4oc3=O)cc2C1=O. The molecule has 7 heteroatoms. The van der Waals surface area contributed by atoms with Crippen LogP contribution >= 0.6 is 0 Å². The number of hydrogen-bond acceptors (Lipinski definition) is 5. The Labute approximate surface area is 146 Å². The van der Waals surface area contributed by atoms with Gasteiger partial charge >= 0.3 is 5.63 Å². The number of nitrogens with one attached hydrogen (secondary N) is 1. The van der Waals surface area contributed by atoms with Gasteiger partial charge in [-0.2, -0.15) is 0 Å². The van der Waals surface area contributed by atoms with E-state index >= 15 is 0 Å². The van der Waals surface area contributed by atoms with Crippen LogP contribution in [0.3, 0.4) is 0 Å². The van der Waals surface area contributed by atoms with Gasteiger partial charge in [0.05, 0.1) is 11.1 Å². The number of anilines is 1. The highest BCUT2D eigenvalue weighted by atomic mass is 16.4. The highest BCUT2D eigenvalue weighted by Gasteiger charge is 2.32. The van der Waals surface area contributed by atoms with Gasteiger partial charge in [0.2, 0.25) is 0 Å². The van der Waals surface area contributed by atoms with Crippen molar-refractivity contribution in [3.05, 3.63) is 75.6 Å². The highest BCUT2D eigenvalue weighted by molar-refractivity contribution is 6.21. The summed E-state index contributed by atoms with van der Waals surface area (Å²) in [5.41, 5.74) is 0.273. The summed E-state index contributed by atoms with van der Waals surface area (Å²) in [6.45, 7) is 0. The third-order valence-corrected chi connectivity index (χ3v) is 4.23. The van der Waals surface area contributed by atoms with Crippen LogP contribution in [0.4, 0.5) is 5.69 Å². The number of hydrogen-bond donors (Lipinski definition) is 1. The molecule has 4 rings (SSSR count). The molecule has 7 nitrogen and oxygen atoms in total. The molecule has 2 aromatic carbocycles. The van der Waals surface area contributed by atoms with Crippen LogP contribution in [0.1, 0.15) is 31.1 Å². The maximum Gasteiger partial charge on any atom is 0.349 e. The number of fused-ring (bicyclic) bond motifs is 2. The van der Waals surface area contributed by atoms with Crippen LogP contribution in [0.5, 0.6) is 0 Å². The number of nitrogens with zero attached hydrogens (tertiary/aromatic N) is 1. The van der Waals surface area contributed by atoms with Crippen molar-refractivity contribution in [1.82, 2.24) is 4.90 Å². The van der Waals surface area contributed by atoms with E-state index in [9.17, 15) is 19.2 Å². The van der Waals surface area contributed by atoms with E-state index < -0.39 is 23.3 Å². The Morgan fingerprint density at radius 3 is 2.50 bits per heavy atom. The lowest BCUT2D eigenvalue weighted by atomic mass is 10.1. The van der Waals surface area contributed by atoms with Crippen molar-refractivity contribution < 1.29 is 18.8 Å². The van der Waals surface area contributed by atoms with E-state index in [-0.39, 0.29) is 16.7 Å². The van der Waals surface area contributed by atoms with Crippen LogP contribution in [0.2, 0.25) is 0 Å². The number of benzene rings is 2. The second kappa shape index (κ2) is 5.66. The van der Waals surface area contributed by atoms with Gasteiger partial charge in [-0.1, -0.05) is 18.2 Å². The number of para-hydroxylation sites is 1. The monoisotopic (exact) mass is 348 g/mol. The molecule has 0 bridgehead atoms. The molecular formula is C19H12N2O5. The molecule has 0 fully saturated rings. The molecule has 0 saturated heterocycles. The predicted octanol–water partition coefficient (Wildman–Crippen LogP) is 2.27. The molecular weight excluding hydrogens is 336 g/mol. The summed E-state index contributed by atoms with van der Waals surface area (Å²) in [6.07, 6.45) is 0. The van der Waals surface area contributed by atoms with Crippen LogP contribution in [0.15, 0.2) is 57.7 Å². The summed E-state index contributed by atoms with van der Waals surface area (Å²) in [5.74, 6) is -1.49. The smallest absolute Gasteiger partial charge is 0.349 e. The van der Waals surface area contributed by atoms with E-state index in [1.807, 2.05) is 0 Å². The van der Waals surface area contributed by atoms with Gasteiger partial charge in [-0.3, -0.25) is 19.3 Å². The Balaban J connectivity index is 1.68. The molecule has 3 aromatic rings. The minimum atomic E-state index is -0.756. The van der Waals surface area contributed by atoms with Gasteiger partial charge in [-0.25, -0.2) is 4.79 Å². The Kier molecular flexibility index (Phi) is 3.43. The molecule has 0 radical (unpaired) electrons. The fourth-order valence-corrected chi connectivity index (χ4v) is 2.86. The van der Waals surface area contributed by atoms with E-state index in [1.54, 1.807) is 24.3 Å². The Morgan fingerprint density at radius 1 is 0.962 bits per heavy atom. The van der Waals surface area contributed by atoms with Crippen molar-refractivity contribution in [2.75, 3.05) is 12.4 Å². The molecule has 0 atom stereocenters. The molecule has 26 heavy (non-hydrogen) atoms. The van der Waals surface area contributed by atoms with Gasteiger partial charge in [0, 0.05) is 18.1 Å². The number of carbonyl (C=O) groups is 3. The van der Waals surface area contributed by atoms with Gasteiger partial charge in [-0.05, 0) is 30.3 Å². The minimum absolute atomic E-state index is 0.149. The van der Waals surface area contributed by atoms with Gasteiger partial charge < -0.3 is 9.73 Å². The van der Waals surface area contributed by atoms with Crippen LogP contribution in [0, 0.1) is 0 Å². The van der Waals surface area contributed by atoms with Crippen LogP contribution in [-0.2, 0) is 0 Å². The lowest BCUT2D eigenvalue weighted by Crippen LogP contribution is -2.24. The average molecular weight is 348 g/mol. The molecule has 1 aliphatic heterocycles. The molecule has 1 aliphatic rings. The molecule has 0 saturated carbocycles. The molecule has 1 N–H and O–H groups in total. The first-order valence-electron chi connectivity index (χ1n) is 7.76. The van der Waals surface area contributed by atoms with Crippen LogP contribution in [0.25, 0.3) is 11.0 Å². The molecule has 0 spiro atoms. The fourth-order valence-electron chi connectivity index (χ4n) is 2.86. The third kappa shape index (κ3) is 2.37. The Hall–Kier alpha value is -3.74. The zero-order valence-corrected chi connectivity index (χ0v) is 13.6. The molecule has 2 heterocycles. The number of rotatable bonds is 2. The summed E-state index contributed by atoms with van der Waals surface area (Å²) in [5, 5.41) is 3.18. The van der Waals surface area contributed by atoms with Gasteiger partial charge in [0.1, 0.15) is 11.1 Å². The largest absolute Gasteiger partial charge is 0.422 e. The molecule has 0 unspecified atom stereocenters. The first-order chi connectivity index (χ1) is 12.5. The highest BCUT2D eigenvalue weighted by Crippen LogP contribution is 2.25. The number of amides is 3. The van der Waals surface area contributed by atoms with E-state index in [2.05, 4.69) is 5.32 Å². The van der Waals surface area contributed by atoms with Crippen molar-refractivity contribution >= 4 is 34.4 Å². The van der Waals surface area contributed by atoms with Crippen molar-refractivity contribution in [1.29, 1.82) is 0 Å². The normalized spacial score (nSPS) is 13.2. The average Bonchev–Trinajstić information content (AvgIpc) is 2.85. The van der Waals surface area contributed by atoms with E-state index in [4.69, 9.17) is 4.42 Å². The molecule has 128 valence electrons. The second-order valence-corrected chi connectivity index (χ2v) is 5.87. The standard InChI is InChI=1S/C19H12N2O5/c1-21-17(23)12-7-6-11(9-13(12)18(21)24)20-16(22)14-8-10-4-2-3-5-15(10)26-19(14)25/h2-9H,1H3,(H,20,22). The molecule has 0 aliphatic carbocycles. The Morgan fingerprint density at radius 2 is 1.69 bits per heavy atom. The molecule has 3 amide bonds. The fraction of sp³-hybridized carbons (Fsp3) is 0.0526. The number of carbonyl (C=O) groups excluding carboxylic acids is 3. The first-order valence-corrected chi connectivity index (χ1v) is 7.76. The topological polar surface area (TPSA) is 96.7 Å². The summed E-state index contributed by atoms with van der Waals surface area (Å²) in [7, 11) is 1.39. The summed E-state index contributed by atoms with van der Waals surface area (Å²) in [6, 6.07) is 12.7. The zero-order valence-electron chi connectivity index (χ0n) is 13.6. The van der Waals surface area contributed by atoms with Crippen molar-refractivity contribution in [3.63, 3.8) is 0 Å². The van der Waals surface area contributed by atoms with Crippen LogP contribution in [-0.4, -0.2) is 29.7 Å². The first kappa shape index (κ1) is 15.8. The third-order valence-electron chi connectivity index (χ3n) is 4.23. The van der Waals surface area contributed by atoms with E-state index in [0.717, 1.165) is 4.90 Å². The zero-order chi connectivity index (χ0) is 18.4.